The molecule has 6 N–H and O–H groups in total. The van der Waals surface area contributed by atoms with Gasteiger partial charge in [0.15, 0.2) is 11.5 Å². The first kappa shape index (κ1) is 22.8. The van der Waals surface area contributed by atoms with E-state index in [0.29, 0.717) is 17.9 Å². The molecule has 4 rings (SSSR count). The largest absolute Gasteiger partial charge is 0.504 e. The molecular weight excluding hydrogens is 418 g/mol. The number of rotatable bonds is 6. The number of hydrogen-bond donors (Lipinski definition) is 6. The quantitative estimate of drug-likeness (QED) is 0.361. The number of benzene rings is 2. The molecule has 0 radical (unpaired) electrons. The van der Waals surface area contributed by atoms with Crippen LogP contribution in [0.2, 0.25) is 0 Å². The normalized spacial score (nSPS) is 29.9. The number of nitrogens with one attached hydrogen (secondary N) is 1. The first-order valence-electron chi connectivity index (χ1n) is 10.6. The summed E-state index contributed by atoms with van der Waals surface area (Å²) < 4.78 is 16.2. The van der Waals surface area contributed by atoms with Gasteiger partial charge in [-0.15, -0.1) is 0 Å². The smallest absolute Gasteiger partial charge is 0.229 e. The van der Waals surface area contributed by atoms with E-state index < -0.39 is 37.3 Å². The van der Waals surface area contributed by atoms with E-state index in [1.165, 1.54) is 7.11 Å². The fourth-order valence-corrected chi connectivity index (χ4v) is 4.24. The van der Waals surface area contributed by atoms with Crippen molar-refractivity contribution in [1.82, 2.24) is 5.32 Å². The van der Waals surface area contributed by atoms with Gasteiger partial charge < -0.3 is 45.1 Å². The molecule has 0 aliphatic carbocycles. The summed E-state index contributed by atoms with van der Waals surface area (Å²) >= 11 is 0. The number of fused-ring (bicyclic) bond motifs is 1. The van der Waals surface area contributed by atoms with Crippen LogP contribution >= 0.6 is 0 Å². The van der Waals surface area contributed by atoms with E-state index in [0.717, 1.165) is 29.7 Å². The Hall–Kier alpha value is -2.40. The van der Waals surface area contributed by atoms with Crippen LogP contribution in [0.4, 0.5) is 0 Å². The zero-order valence-corrected chi connectivity index (χ0v) is 17.7. The van der Waals surface area contributed by atoms with Gasteiger partial charge in [0.1, 0.15) is 30.2 Å². The number of aliphatic hydroxyl groups is 4. The van der Waals surface area contributed by atoms with Crippen molar-refractivity contribution in [1.29, 1.82) is 0 Å². The summed E-state index contributed by atoms with van der Waals surface area (Å²) in [5, 5.41) is 52.9. The lowest BCUT2D eigenvalue weighted by molar-refractivity contribution is -0.277. The number of phenols is 1. The lowest BCUT2D eigenvalue weighted by Gasteiger charge is -2.39. The van der Waals surface area contributed by atoms with Crippen LogP contribution in [0.5, 0.6) is 17.2 Å². The first-order chi connectivity index (χ1) is 15.4. The zero-order chi connectivity index (χ0) is 22.8. The SMILES string of the molecule is COc1cc2c(cc1O)[C@H](Cc1ccc(OC3O[C@H](CO)[C@@H](O)[C@H](O)[C@H]3O)cc1)NCC2. The Morgan fingerprint density at radius 2 is 1.81 bits per heavy atom. The molecule has 2 aliphatic rings. The lowest BCUT2D eigenvalue weighted by Crippen LogP contribution is -2.60. The molecule has 2 aromatic carbocycles. The van der Waals surface area contributed by atoms with E-state index in [-0.39, 0.29) is 11.8 Å². The van der Waals surface area contributed by atoms with Gasteiger partial charge in [-0.2, -0.15) is 0 Å². The maximum atomic E-state index is 10.2. The number of phenolic OH excluding ortho intramolecular Hbond substituents is 1. The zero-order valence-electron chi connectivity index (χ0n) is 17.7. The summed E-state index contributed by atoms with van der Waals surface area (Å²) in [6.45, 7) is 0.310. The number of aromatic hydroxyl groups is 1. The van der Waals surface area contributed by atoms with Gasteiger partial charge in [-0.05, 0) is 60.3 Å². The second-order valence-electron chi connectivity index (χ2n) is 8.14. The summed E-state index contributed by atoms with van der Waals surface area (Å²) in [5.41, 5.74) is 3.22. The third-order valence-electron chi connectivity index (χ3n) is 6.07. The Morgan fingerprint density at radius 1 is 1.06 bits per heavy atom. The van der Waals surface area contributed by atoms with Gasteiger partial charge in [-0.25, -0.2) is 0 Å². The van der Waals surface area contributed by atoms with Crippen molar-refractivity contribution in [3.05, 3.63) is 53.1 Å². The number of methoxy groups -OCH3 is 1. The summed E-state index contributed by atoms with van der Waals surface area (Å²) in [5.74, 6) is 1.000. The predicted octanol–water partition coefficient (Wildman–Crippen LogP) is 0.00900. The van der Waals surface area contributed by atoms with E-state index in [2.05, 4.69) is 5.32 Å². The van der Waals surface area contributed by atoms with Crippen molar-refractivity contribution in [2.45, 2.75) is 49.6 Å². The van der Waals surface area contributed by atoms with Crippen LogP contribution in [0.25, 0.3) is 0 Å². The highest BCUT2D eigenvalue weighted by molar-refractivity contribution is 5.49. The van der Waals surface area contributed by atoms with Crippen molar-refractivity contribution >= 4 is 0 Å². The highest BCUT2D eigenvalue weighted by Gasteiger charge is 2.44. The van der Waals surface area contributed by atoms with Crippen molar-refractivity contribution in [3.63, 3.8) is 0 Å². The third kappa shape index (κ3) is 4.54. The molecule has 32 heavy (non-hydrogen) atoms. The van der Waals surface area contributed by atoms with Crippen LogP contribution < -0.4 is 14.8 Å². The van der Waals surface area contributed by atoms with Gasteiger partial charge in [0.05, 0.1) is 13.7 Å². The van der Waals surface area contributed by atoms with Gasteiger partial charge >= 0.3 is 0 Å². The molecule has 0 aromatic heterocycles. The highest BCUT2D eigenvalue weighted by Crippen LogP contribution is 2.35. The molecule has 0 spiro atoms. The third-order valence-corrected chi connectivity index (χ3v) is 6.07. The van der Waals surface area contributed by atoms with Crippen LogP contribution in [-0.2, 0) is 17.6 Å². The fourth-order valence-electron chi connectivity index (χ4n) is 4.24. The van der Waals surface area contributed by atoms with E-state index in [1.807, 2.05) is 18.2 Å². The minimum absolute atomic E-state index is 0.0350. The predicted molar refractivity (Wildman–Crippen MR) is 114 cm³/mol. The molecule has 174 valence electrons. The maximum Gasteiger partial charge on any atom is 0.229 e. The minimum Gasteiger partial charge on any atom is -0.504 e. The molecule has 0 saturated carbocycles. The first-order valence-corrected chi connectivity index (χ1v) is 10.6. The average molecular weight is 447 g/mol. The summed E-state index contributed by atoms with van der Waals surface area (Å²) in [6.07, 6.45) is -5.07. The minimum atomic E-state index is -1.49. The van der Waals surface area contributed by atoms with Crippen molar-refractivity contribution in [3.8, 4) is 17.2 Å². The number of hydrogen-bond acceptors (Lipinski definition) is 9. The molecule has 2 heterocycles. The van der Waals surface area contributed by atoms with E-state index in [1.54, 1.807) is 18.2 Å². The Balaban J connectivity index is 1.44. The lowest BCUT2D eigenvalue weighted by atomic mass is 9.90. The van der Waals surface area contributed by atoms with E-state index in [9.17, 15) is 25.5 Å². The summed E-state index contributed by atoms with van der Waals surface area (Å²) in [6, 6.07) is 10.9. The van der Waals surface area contributed by atoms with Crippen LogP contribution in [0.15, 0.2) is 36.4 Å². The highest BCUT2D eigenvalue weighted by atomic mass is 16.7. The molecule has 1 saturated heterocycles. The Morgan fingerprint density at radius 3 is 2.50 bits per heavy atom. The molecule has 1 fully saturated rings. The van der Waals surface area contributed by atoms with Gasteiger partial charge in [0.2, 0.25) is 6.29 Å². The average Bonchev–Trinajstić information content (AvgIpc) is 2.80. The van der Waals surface area contributed by atoms with E-state index in [4.69, 9.17) is 14.2 Å². The van der Waals surface area contributed by atoms with Crippen molar-refractivity contribution < 1.29 is 39.7 Å². The molecule has 6 atom stereocenters. The Bertz CT molecular complexity index is 919. The summed E-state index contributed by atoms with van der Waals surface area (Å²) in [4.78, 5) is 0. The molecule has 1 unspecified atom stereocenters. The molecule has 9 heteroatoms. The molecular formula is C23H29NO8. The van der Waals surface area contributed by atoms with Gasteiger partial charge in [0.25, 0.3) is 0 Å². The second kappa shape index (κ2) is 9.62. The van der Waals surface area contributed by atoms with Gasteiger partial charge in [-0.1, -0.05) is 12.1 Å². The van der Waals surface area contributed by atoms with Crippen molar-refractivity contribution in [2.75, 3.05) is 20.3 Å². The fraction of sp³-hybridized carbons (Fsp3) is 0.478. The van der Waals surface area contributed by atoms with Crippen molar-refractivity contribution in [2.24, 2.45) is 0 Å². The number of ether oxygens (including phenoxy) is 3. The standard InChI is InChI=1S/C23H29NO8/c1-30-18-9-13-6-7-24-16(15(13)10-17(18)26)8-12-2-4-14(5-3-12)31-23-22(29)21(28)20(27)19(11-25)32-23/h2-5,9-10,16,19-29H,6-8,11H2,1H3/t16-,19+,20+,21-,22+,23?/m0/s1. The molecule has 0 amide bonds. The Kier molecular flexibility index (Phi) is 6.85. The van der Waals surface area contributed by atoms with Gasteiger partial charge in [-0.3, -0.25) is 0 Å². The second-order valence-corrected chi connectivity index (χ2v) is 8.14. The monoisotopic (exact) mass is 447 g/mol. The molecule has 2 aromatic rings. The molecule has 9 nitrogen and oxygen atoms in total. The summed E-state index contributed by atoms with van der Waals surface area (Å²) in [7, 11) is 1.54. The topological polar surface area (TPSA) is 141 Å². The van der Waals surface area contributed by atoms with Crippen LogP contribution in [0.3, 0.4) is 0 Å². The van der Waals surface area contributed by atoms with Crippen LogP contribution in [0.1, 0.15) is 22.7 Å². The van der Waals surface area contributed by atoms with Crippen LogP contribution in [0, 0.1) is 0 Å². The van der Waals surface area contributed by atoms with Gasteiger partial charge in [0, 0.05) is 6.04 Å². The molecule has 0 bridgehead atoms. The van der Waals surface area contributed by atoms with E-state index >= 15 is 0 Å². The van der Waals surface area contributed by atoms with Crippen LogP contribution in [-0.4, -0.2) is 76.5 Å². The molecule has 2 aliphatic heterocycles. The Labute approximate surface area is 185 Å². The maximum absolute atomic E-state index is 10.2. The number of aliphatic hydroxyl groups excluding tert-OH is 4.